The van der Waals surface area contributed by atoms with Gasteiger partial charge in [0.05, 0.1) is 22.3 Å². The number of nitrogens with zero attached hydrogens (tertiary/aromatic N) is 2. The molecule has 8 heteroatoms. The second-order valence-corrected chi connectivity index (χ2v) is 3.75. The van der Waals surface area contributed by atoms with Crippen LogP contribution in [0.25, 0.3) is 11.3 Å². The SMILES string of the molecule is O=C(O)c1cc(Cl)c(-c2cn[nH]n2)cc1C(=O)O. The molecule has 0 saturated heterocycles. The van der Waals surface area contributed by atoms with Crippen molar-refractivity contribution in [3.05, 3.63) is 34.5 Å². The van der Waals surface area contributed by atoms with Gasteiger partial charge in [-0.25, -0.2) is 9.59 Å². The van der Waals surface area contributed by atoms with Gasteiger partial charge in [-0.05, 0) is 12.1 Å². The van der Waals surface area contributed by atoms with Crippen molar-refractivity contribution in [1.29, 1.82) is 0 Å². The van der Waals surface area contributed by atoms with E-state index in [1.54, 1.807) is 0 Å². The smallest absolute Gasteiger partial charge is 0.336 e. The number of carbonyl (C=O) groups is 2. The average Bonchev–Trinajstić information content (AvgIpc) is 2.81. The first-order valence-electron chi connectivity index (χ1n) is 4.67. The van der Waals surface area contributed by atoms with E-state index in [4.69, 9.17) is 21.8 Å². The standard InChI is InChI=1S/C10H6ClN3O4/c11-7-2-5(10(17)18)4(9(15)16)1-6(7)8-3-12-14-13-8/h1-3H,(H,15,16)(H,17,18)(H,12,13,14). The van der Waals surface area contributed by atoms with Gasteiger partial charge in [0.1, 0.15) is 5.69 Å². The number of halogens is 1. The molecule has 18 heavy (non-hydrogen) atoms. The summed E-state index contributed by atoms with van der Waals surface area (Å²) in [7, 11) is 0. The summed E-state index contributed by atoms with van der Waals surface area (Å²) in [6.45, 7) is 0. The average molecular weight is 268 g/mol. The summed E-state index contributed by atoms with van der Waals surface area (Å²) >= 11 is 5.90. The summed E-state index contributed by atoms with van der Waals surface area (Å²) in [6, 6.07) is 2.24. The zero-order chi connectivity index (χ0) is 13.3. The summed E-state index contributed by atoms with van der Waals surface area (Å²) in [6.07, 6.45) is 1.35. The van der Waals surface area contributed by atoms with Crippen LogP contribution in [0.4, 0.5) is 0 Å². The Bertz CT molecular complexity index is 624. The molecule has 0 aliphatic carbocycles. The van der Waals surface area contributed by atoms with Crippen molar-refractivity contribution in [2.24, 2.45) is 0 Å². The van der Waals surface area contributed by atoms with Crippen molar-refractivity contribution in [2.75, 3.05) is 0 Å². The van der Waals surface area contributed by atoms with Gasteiger partial charge >= 0.3 is 11.9 Å². The third-order valence-corrected chi connectivity index (χ3v) is 2.57. The molecule has 0 aliphatic rings. The maximum absolute atomic E-state index is 11.0. The van der Waals surface area contributed by atoms with E-state index >= 15 is 0 Å². The Balaban J connectivity index is 2.68. The fraction of sp³-hybridized carbons (Fsp3) is 0. The number of benzene rings is 1. The number of nitrogens with one attached hydrogen (secondary N) is 1. The van der Waals surface area contributed by atoms with Gasteiger partial charge in [0, 0.05) is 5.56 Å². The van der Waals surface area contributed by atoms with E-state index in [1.165, 1.54) is 6.20 Å². The summed E-state index contributed by atoms with van der Waals surface area (Å²) in [4.78, 5) is 21.9. The molecule has 0 saturated carbocycles. The third-order valence-electron chi connectivity index (χ3n) is 2.26. The molecule has 0 radical (unpaired) electrons. The Hall–Kier alpha value is -2.41. The molecule has 0 spiro atoms. The highest BCUT2D eigenvalue weighted by Crippen LogP contribution is 2.29. The monoisotopic (exact) mass is 267 g/mol. The lowest BCUT2D eigenvalue weighted by molar-refractivity contribution is 0.0651. The zero-order valence-electron chi connectivity index (χ0n) is 8.72. The maximum atomic E-state index is 11.0. The van der Waals surface area contributed by atoms with Gasteiger partial charge in [-0.15, -0.1) is 0 Å². The van der Waals surface area contributed by atoms with Gasteiger partial charge in [-0.3, -0.25) is 0 Å². The maximum Gasteiger partial charge on any atom is 0.336 e. The van der Waals surface area contributed by atoms with Gasteiger partial charge in [0.15, 0.2) is 0 Å². The van der Waals surface area contributed by atoms with E-state index in [0.29, 0.717) is 11.3 Å². The number of aromatic nitrogens is 3. The number of hydrogen-bond acceptors (Lipinski definition) is 4. The molecule has 0 aliphatic heterocycles. The van der Waals surface area contributed by atoms with Crippen LogP contribution < -0.4 is 0 Å². The second-order valence-electron chi connectivity index (χ2n) is 3.34. The first-order chi connectivity index (χ1) is 8.50. The molecular formula is C10H6ClN3O4. The Labute approximate surface area is 105 Å². The number of H-pyrrole nitrogens is 1. The van der Waals surface area contributed by atoms with Gasteiger partial charge in [-0.2, -0.15) is 15.4 Å². The Kier molecular flexibility index (Phi) is 2.99. The summed E-state index contributed by atoms with van der Waals surface area (Å²) in [5.41, 5.74) is -0.100. The van der Waals surface area contributed by atoms with Crippen molar-refractivity contribution in [2.45, 2.75) is 0 Å². The van der Waals surface area contributed by atoms with Gasteiger partial charge in [0.2, 0.25) is 0 Å². The quantitative estimate of drug-likeness (QED) is 0.776. The van der Waals surface area contributed by atoms with E-state index in [9.17, 15) is 9.59 Å². The van der Waals surface area contributed by atoms with Crippen molar-refractivity contribution in [3.8, 4) is 11.3 Å². The molecule has 1 aromatic carbocycles. The summed E-state index contributed by atoms with van der Waals surface area (Å²) in [5, 5.41) is 27.7. The van der Waals surface area contributed by atoms with Crippen LogP contribution >= 0.6 is 11.6 Å². The Morgan fingerprint density at radius 1 is 1.17 bits per heavy atom. The molecular weight excluding hydrogens is 262 g/mol. The van der Waals surface area contributed by atoms with Gasteiger partial charge < -0.3 is 10.2 Å². The molecule has 3 N–H and O–H groups in total. The van der Waals surface area contributed by atoms with Crippen molar-refractivity contribution in [1.82, 2.24) is 15.4 Å². The molecule has 0 fully saturated rings. The highest BCUT2D eigenvalue weighted by molar-refractivity contribution is 6.34. The van der Waals surface area contributed by atoms with Crippen LogP contribution in [0.1, 0.15) is 20.7 Å². The molecule has 0 bridgehead atoms. The van der Waals surface area contributed by atoms with Crippen LogP contribution in [-0.4, -0.2) is 37.6 Å². The van der Waals surface area contributed by atoms with Crippen LogP contribution in [0.2, 0.25) is 5.02 Å². The number of aromatic amines is 1. The number of aromatic carboxylic acids is 2. The van der Waals surface area contributed by atoms with Crippen molar-refractivity contribution >= 4 is 23.5 Å². The van der Waals surface area contributed by atoms with Crippen LogP contribution in [0.3, 0.4) is 0 Å². The number of carboxylic acid groups (broad SMARTS) is 2. The van der Waals surface area contributed by atoms with Crippen molar-refractivity contribution < 1.29 is 19.8 Å². The van der Waals surface area contributed by atoms with E-state index in [-0.39, 0.29) is 16.1 Å². The fourth-order valence-electron chi connectivity index (χ4n) is 1.45. The minimum Gasteiger partial charge on any atom is -0.478 e. The van der Waals surface area contributed by atoms with Crippen LogP contribution in [-0.2, 0) is 0 Å². The van der Waals surface area contributed by atoms with E-state index in [2.05, 4.69) is 15.4 Å². The zero-order valence-corrected chi connectivity index (χ0v) is 9.47. The molecule has 2 rings (SSSR count). The lowest BCUT2D eigenvalue weighted by Crippen LogP contribution is -2.08. The van der Waals surface area contributed by atoms with Crippen LogP contribution in [0.5, 0.6) is 0 Å². The number of hydrogen-bond donors (Lipinski definition) is 3. The topological polar surface area (TPSA) is 116 Å². The minimum absolute atomic E-state index is 0.0892. The first-order valence-corrected chi connectivity index (χ1v) is 5.04. The molecule has 92 valence electrons. The lowest BCUT2D eigenvalue weighted by Gasteiger charge is -2.06. The third kappa shape index (κ3) is 2.03. The largest absolute Gasteiger partial charge is 0.478 e. The second kappa shape index (κ2) is 4.46. The van der Waals surface area contributed by atoms with Crippen LogP contribution in [0, 0.1) is 0 Å². The van der Waals surface area contributed by atoms with E-state index < -0.39 is 11.9 Å². The normalized spacial score (nSPS) is 10.3. The summed E-state index contributed by atoms with van der Waals surface area (Å²) < 4.78 is 0. The summed E-state index contributed by atoms with van der Waals surface area (Å²) in [5.74, 6) is -2.71. The molecule has 0 amide bonds. The van der Waals surface area contributed by atoms with Crippen LogP contribution in [0.15, 0.2) is 18.3 Å². The molecule has 7 nitrogen and oxygen atoms in total. The Morgan fingerprint density at radius 2 is 1.78 bits per heavy atom. The lowest BCUT2D eigenvalue weighted by atomic mass is 10.0. The highest BCUT2D eigenvalue weighted by Gasteiger charge is 2.20. The minimum atomic E-state index is -1.36. The van der Waals surface area contributed by atoms with Gasteiger partial charge in [-0.1, -0.05) is 11.6 Å². The number of carboxylic acids is 2. The molecule has 1 heterocycles. The fourth-order valence-corrected chi connectivity index (χ4v) is 1.72. The molecule has 0 unspecified atom stereocenters. The predicted octanol–water partition coefficient (Wildman–Crippen LogP) is 1.52. The molecule has 2 aromatic rings. The Morgan fingerprint density at radius 3 is 2.28 bits per heavy atom. The van der Waals surface area contributed by atoms with Crippen molar-refractivity contribution in [3.63, 3.8) is 0 Å². The van der Waals surface area contributed by atoms with E-state index in [1.807, 2.05) is 0 Å². The molecule has 0 atom stereocenters. The van der Waals surface area contributed by atoms with Gasteiger partial charge in [0.25, 0.3) is 0 Å². The molecule has 1 aromatic heterocycles. The highest BCUT2D eigenvalue weighted by atomic mass is 35.5. The predicted molar refractivity (Wildman–Crippen MR) is 60.7 cm³/mol. The first kappa shape index (κ1) is 12.1. The number of rotatable bonds is 3. The van der Waals surface area contributed by atoms with E-state index in [0.717, 1.165) is 12.1 Å².